The predicted molar refractivity (Wildman–Crippen MR) is 68.8 cm³/mol. The molecule has 0 fully saturated rings. The van der Waals surface area contributed by atoms with Crippen LogP contribution in [0.4, 0.5) is 0 Å². The molecule has 2 N–H and O–H groups in total. The van der Waals surface area contributed by atoms with E-state index in [0.29, 0.717) is 6.10 Å². The molecule has 2 heteroatoms. The maximum absolute atomic E-state index is 5.78. The number of hydrogen-bond acceptors (Lipinski definition) is 2. The van der Waals surface area contributed by atoms with Crippen LogP contribution < -0.4 is 10.5 Å². The van der Waals surface area contributed by atoms with Crippen LogP contribution in [0.2, 0.25) is 0 Å². The number of rotatable bonds is 6. The molecule has 0 aromatic heterocycles. The third-order valence-electron chi connectivity index (χ3n) is 2.51. The van der Waals surface area contributed by atoms with E-state index in [1.165, 1.54) is 5.56 Å². The fraction of sp³-hybridized carbons (Fsp3) is 0.571. The van der Waals surface area contributed by atoms with Crippen molar-refractivity contribution in [1.82, 2.24) is 0 Å². The zero-order chi connectivity index (χ0) is 12.0. The Balaban J connectivity index is 2.50. The topological polar surface area (TPSA) is 35.2 Å². The molecule has 0 spiro atoms. The quantitative estimate of drug-likeness (QED) is 0.801. The minimum Gasteiger partial charge on any atom is -0.491 e. The normalized spacial score (nSPS) is 14.5. The van der Waals surface area contributed by atoms with Gasteiger partial charge in [-0.3, -0.25) is 0 Å². The monoisotopic (exact) mass is 221 g/mol. The van der Waals surface area contributed by atoms with E-state index in [2.05, 4.69) is 26.0 Å². The van der Waals surface area contributed by atoms with Crippen LogP contribution in [0.3, 0.4) is 0 Å². The summed E-state index contributed by atoms with van der Waals surface area (Å²) in [4.78, 5) is 0. The summed E-state index contributed by atoms with van der Waals surface area (Å²) in [7, 11) is 0. The highest BCUT2D eigenvalue weighted by Gasteiger charge is 2.03. The molecule has 2 nitrogen and oxygen atoms in total. The standard InChI is InChI=1S/C14H23NO/c1-4-5-12(3)16-14-8-6-13(7-9-14)10-11(2)15/h6-9,11-12H,4-5,10,15H2,1-3H3. The number of hydrogen-bond donors (Lipinski definition) is 1. The van der Waals surface area contributed by atoms with Gasteiger partial charge in [-0.15, -0.1) is 0 Å². The van der Waals surface area contributed by atoms with Gasteiger partial charge < -0.3 is 10.5 Å². The predicted octanol–water partition coefficient (Wildman–Crippen LogP) is 3.14. The minimum absolute atomic E-state index is 0.214. The molecule has 1 aromatic carbocycles. The molecule has 0 aliphatic rings. The lowest BCUT2D eigenvalue weighted by Gasteiger charge is -2.14. The van der Waals surface area contributed by atoms with Crippen LogP contribution >= 0.6 is 0 Å². The van der Waals surface area contributed by atoms with E-state index in [-0.39, 0.29) is 6.04 Å². The van der Waals surface area contributed by atoms with Crippen LogP contribution in [0.15, 0.2) is 24.3 Å². The third-order valence-corrected chi connectivity index (χ3v) is 2.51. The smallest absolute Gasteiger partial charge is 0.119 e. The van der Waals surface area contributed by atoms with Crippen molar-refractivity contribution in [2.24, 2.45) is 5.73 Å². The van der Waals surface area contributed by atoms with Gasteiger partial charge in [0.2, 0.25) is 0 Å². The fourth-order valence-corrected chi connectivity index (χ4v) is 1.77. The Morgan fingerprint density at radius 3 is 2.31 bits per heavy atom. The molecule has 0 saturated heterocycles. The maximum Gasteiger partial charge on any atom is 0.119 e. The van der Waals surface area contributed by atoms with E-state index >= 15 is 0 Å². The van der Waals surface area contributed by atoms with Crippen LogP contribution in [0.25, 0.3) is 0 Å². The summed E-state index contributed by atoms with van der Waals surface area (Å²) in [5.41, 5.74) is 7.02. The maximum atomic E-state index is 5.78. The van der Waals surface area contributed by atoms with Crippen molar-refractivity contribution in [3.63, 3.8) is 0 Å². The van der Waals surface area contributed by atoms with Gasteiger partial charge in [0.15, 0.2) is 0 Å². The van der Waals surface area contributed by atoms with Crippen LogP contribution in [-0.4, -0.2) is 12.1 Å². The molecule has 2 atom stereocenters. The van der Waals surface area contributed by atoms with E-state index in [1.807, 2.05) is 19.1 Å². The molecule has 90 valence electrons. The van der Waals surface area contributed by atoms with E-state index in [1.54, 1.807) is 0 Å². The second-order valence-electron chi connectivity index (χ2n) is 4.54. The van der Waals surface area contributed by atoms with Gasteiger partial charge in [-0.25, -0.2) is 0 Å². The van der Waals surface area contributed by atoms with Gasteiger partial charge in [-0.2, -0.15) is 0 Å². The molecular formula is C14H23NO. The molecular weight excluding hydrogens is 198 g/mol. The lowest BCUT2D eigenvalue weighted by Crippen LogP contribution is -2.17. The first-order chi connectivity index (χ1) is 7.61. The Labute approximate surface area is 98.8 Å². The highest BCUT2D eigenvalue weighted by atomic mass is 16.5. The van der Waals surface area contributed by atoms with Crippen molar-refractivity contribution in [1.29, 1.82) is 0 Å². The molecule has 0 radical (unpaired) electrons. The summed E-state index contributed by atoms with van der Waals surface area (Å²) < 4.78 is 5.78. The van der Waals surface area contributed by atoms with E-state index in [0.717, 1.165) is 25.0 Å². The molecule has 2 unspecified atom stereocenters. The average molecular weight is 221 g/mol. The van der Waals surface area contributed by atoms with Crippen LogP contribution in [0.1, 0.15) is 39.2 Å². The number of nitrogens with two attached hydrogens (primary N) is 1. The minimum atomic E-state index is 0.214. The van der Waals surface area contributed by atoms with Gasteiger partial charge >= 0.3 is 0 Å². The summed E-state index contributed by atoms with van der Waals surface area (Å²) in [6.45, 7) is 6.30. The molecule has 0 heterocycles. The largest absolute Gasteiger partial charge is 0.491 e. The zero-order valence-electron chi connectivity index (χ0n) is 10.6. The lowest BCUT2D eigenvalue weighted by molar-refractivity contribution is 0.210. The summed E-state index contributed by atoms with van der Waals surface area (Å²) in [6.07, 6.45) is 3.47. The zero-order valence-corrected chi connectivity index (χ0v) is 10.6. The van der Waals surface area contributed by atoms with Crippen molar-refractivity contribution in [3.05, 3.63) is 29.8 Å². The molecule has 0 amide bonds. The lowest BCUT2D eigenvalue weighted by atomic mass is 10.1. The Hall–Kier alpha value is -1.02. The van der Waals surface area contributed by atoms with E-state index in [9.17, 15) is 0 Å². The molecule has 0 aliphatic heterocycles. The molecule has 1 aromatic rings. The first-order valence-corrected chi connectivity index (χ1v) is 6.13. The second kappa shape index (κ2) is 6.54. The average Bonchev–Trinajstić information content (AvgIpc) is 2.20. The molecule has 0 aliphatic carbocycles. The van der Waals surface area contributed by atoms with Gasteiger partial charge in [0.1, 0.15) is 5.75 Å². The van der Waals surface area contributed by atoms with Crippen molar-refractivity contribution in [2.75, 3.05) is 0 Å². The number of benzene rings is 1. The van der Waals surface area contributed by atoms with E-state index in [4.69, 9.17) is 10.5 Å². The summed E-state index contributed by atoms with van der Waals surface area (Å²) in [5.74, 6) is 0.953. The highest BCUT2D eigenvalue weighted by molar-refractivity contribution is 5.27. The van der Waals surface area contributed by atoms with Crippen molar-refractivity contribution >= 4 is 0 Å². The summed E-state index contributed by atoms with van der Waals surface area (Å²) >= 11 is 0. The van der Waals surface area contributed by atoms with Crippen LogP contribution in [0.5, 0.6) is 5.75 Å². The van der Waals surface area contributed by atoms with Crippen LogP contribution in [-0.2, 0) is 6.42 Å². The first kappa shape index (κ1) is 13.0. The summed E-state index contributed by atoms with van der Waals surface area (Å²) in [6, 6.07) is 8.47. The highest BCUT2D eigenvalue weighted by Crippen LogP contribution is 2.16. The van der Waals surface area contributed by atoms with Gasteiger partial charge in [0.25, 0.3) is 0 Å². The Morgan fingerprint density at radius 2 is 1.81 bits per heavy atom. The van der Waals surface area contributed by atoms with Crippen molar-refractivity contribution < 1.29 is 4.74 Å². The molecule has 0 saturated carbocycles. The molecule has 16 heavy (non-hydrogen) atoms. The second-order valence-corrected chi connectivity index (χ2v) is 4.54. The van der Waals surface area contributed by atoms with Gasteiger partial charge in [0, 0.05) is 6.04 Å². The van der Waals surface area contributed by atoms with Crippen LogP contribution in [0, 0.1) is 0 Å². The Morgan fingerprint density at radius 1 is 1.19 bits per heavy atom. The first-order valence-electron chi connectivity index (χ1n) is 6.13. The van der Waals surface area contributed by atoms with Gasteiger partial charge in [-0.1, -0.05) is 25.5 Å². The van der Waals surface area contributed by atoms with Crippen molar-refractivity contribution in [3.8, 4) is 5.75 Å². The Bertz CT molecular complexity index is 292. The van der Waals surface area contributed by atoms with Gasteiger partial charge in [0.05, 0.1) is 6.10 Å². The number of ether oxygens (including phenoxy) is 1. The molecule has 0 bridgehead atoms. The Kier molecular flexibility index (Phi) is 5.33. The third kappa shape index (κ3) is 4.67. The SMILES string of the molecule is CCCC(C)Oc1ccc(CC(C)N)cc1. The van der Waals surface area contributed by atoms with Crippen molar-refractivity contribution in [2.45, 2.75) is 52.2 Å². The van der Waals surface area contributed by atoms with E-state index < -0.39 is 0 Å². The van der Waals surface area contributed by atoms with Gasteiger partial charge in [-0.05, 0) is 44.4 Å². The fourth-order valence-electron chi connectivity index (χ4n) is 1.77. The summed E-state index contributed by atoms with van der Waals surface area (Å²) in [5, 5.41) is 0. The molecule has 1 rings (SSSR count).